The Kier molecular flexibility index (Phi) is 29.6. The Balaban J connectivity index is 6.34. The van der Waals surface area contributed by atoms with Crippen LogP contribution in [0.25, 0.3) is 0 Å². The van der Waals surface area contributed by atoms with Crippen molar-refractivity contribution in [1.82, 2.24) is 47.9 Å². The van der Waals surface area contributed by atoms with Crippen molar-refractivity contribution in [2.75, 3.05) is 13.1 Å². The molecule has 0 aliphatic rings. The summed E-state index contributed by atoms with van der Waals surface area (Å²) >= 11 is 0. The molecule has 0 bridgehead atoms. The minimum Gasteiger partial charge on any atom is -0.481 e. The Bertz CT molecular complexity index is 2010. The van der Waals surface area contributed by atoms with Crippen molar-refractivity contribution in [2.45, 2.75) is 167 Å². The lowest BCUT2D eigenvalue weighted by Gasteiger charge is -2.29. The van der Waals surface area contributed by atoms with E-state index in [0.29, 0.717) is 0 Å². The number of carboxylic acid groups (broad SMARTS) is 2. The second-order valence-electron chi connectivity index (χ2n) is 18.7. The third-order valence-corrected chi connectivity index (χ3v) is 10.7. The molecule has 0 aromatic carbocycles. The molecule has 11 atom stereocenters. The quantitative estimate of drug-likeness (QED) is 0.0162. The van der Waals surface area contributed by atoms with Crippen molar-refractivity contribution in [3.63, 3.8) is 0 Å². The van der Waals surface area contributed by atoms with Gasteiger partial charge in [-0.1, -0.05) is 41.5 Å². The fourth-order valence-corrected chi connectivity index (χ4v) is 6.64. The van der Waals surface area contributed by atoms with Gasteiger partial charge in [0.1, 0.15) is 48.3 Å². The standard InChI is InChI=1S/C44H78N14O16/c1-18(2)15-26(53-39(69)31(19(3)4)56-37(67)25(12-13-28(46)61)51-35(65)21(7)45)38(68)52-24(11-10-14-49-44(47)48)36(66)50-17-29(62)55-33(22(8)59)42(72)57-32(20(5)6)40(70)58-34(23(9)60)41(71)54-27(43(73)74)16-30(63)64/h18-27,31-34,59-60H,10-17,45H2,1-9H3,(H2,46,61)(H,50,66)(H,51,65)(H,52,68)(H,53,69)(H,54,71)(H,55,62)(H,56,67)(H,57,72)(H,58,70)(H,63,64)(H,73,74)(H4,47,48,49). The van der Waals surface area contributed by atoms with Gasteiger partial charge in [-0.3, -0.25) is 57.7 Å². The van der Waals surface area contributed by atoms with Gasteiger partial charge in [0.2, 0.25) is 59.1 Å². The van der Waals surface area contributed by atoms with Crippen LogP contribution < -0.4 is 70.8 Å². The van der Waals surface area contributed by atoms with Gasteiger partial charge in [-0.15, -0.1) is 0 Å². The first kappa shape index (κ1) is 66.8. The first-order chi connectivity index (χ1) is 34.2. The summed E-state index contributed by atoms with van der Waals surface area (Å²) in [4.78, 5) is 158. The molecule has 0 saturated carbocycles. The fourth-order valence-electron chi connectivity index (χ4n) is 6.64. The molecule has 0 aromatic heterocycles. The lowest BCUT2D eigenvalue weighted by atomic mass is 9.98. The van der Waals surface area contributed by atoms with Crippen molar-refractivity contribution in [3.8, 4) is 0 Å². The van der Waals surface area contributed by atoms with Gasteiger partial charge in [0, 0.05) is 13.0 Å². The highest BCUT2D eigenvalue weighted by Crippen LogP contribution is 2.12. The van der Waals surface area contributed by atoms with E-state index in [-0.39, 0.29) is 50.5 Å². The zero-order valence-corrected chi connectivity index (χ0v) is 43.2. The molecule has 21 N–H and O–H groups in total. The Morgan fingerprint density at radius 3 is 1.38 bits per heavy atom. The number of aliphatic imine (C=N–C) groups is 1. The molecule has 0 aliphatic heterocycles. The smallest absolute Gasteiger partial charge is 0.326 e. The molecule has 10 amide bonds. The van der Waals surface area contributed by atoms with Crippen LogP contribution in [0.1, 0.15) is 101 Å². The molecule has 0 aliphatic carbocycles. The molecular weight excluding hydrogens is 981 g/mol. The van der Waals surface area contributed by atoms with E-state index in [4.69, 9.17) is 28.0 Å². The van der Waals surface area contributed by atoms with Crippen molar-refractivity contribution >= 4 is 77.0 Å². The highest BCUT2D eigenvalue weighted by Gasteiger charge is 2.37. The van der Waals surface area contributed by atoms with Crippen LogP contribution in [-0.4, -0.2) is 177 Å². The highest BCUT2D eigenvalue weighted by molar-refractivity contribution is 5.98. The van der Waals surface area contributed by atoms with E-state index in [0.717, 1.165) is 13.8 Å². The minimum absolute atomic E-state index is 0.000903. The molecule has 0 fully saturated rings. The number of hydrogen-bond donors (Lipinski definition) is 17. The topological polar surface area (TPSA) is 510 Å². The van der Waals surface area contributed by atoms with Crippen LogP contribution in [-0.2, 0) is 57.5 Å². The van der Waals surface area contributed by atoms with Gasteiger partial charge in [0.05, 0.1) is 31.2 Å². The largest absolute Gasteiger partial charge is 0.481 e. The first-order valence-electron chi connectivity index (χ1n) is 23.8. The van der Waals surface area contributed by atoms with E-state index in [1.165, 1.54) is 20.8 Å². The second kappa shape index (κ2) is 32.8. The van der Waals surface area contributed by atoms with Gasteiger partial charge in [0.25, 0.3) is 0 Å². The highest BCUT2D eigenvalue weighted by atomic mass is 16.4. The van der Waals surface area contributed by atoms with Gasteiger partial charge in [0.15, 0.2) is 5.96 Å². The second-order valence-corrected chi connectivity index (χ2v) is 18.7. The van der Waals surface area contributed by atoms with E-state index in [9.17, 15) is 72.9 Å². The number of carbonyl (C=O) groups is 12. The van der Waals surface area contributed by atoms with E-state index < -0.39 is 162 Å². The molecule has 30 nitrogen and oxygen atoms in total. The lowest BCUT2D eigenvalue weighted by molar-refractivity contribution is -0.148. The molecule has 0 saturated heterocycles. The molecule has 0 rings (SSSR count). The van der Waals surface area contributed by atoms with E-state index >= 15 is 0 Å². The number of amides is 10. The lowest BCUT2D eigenvalue weighted by Crippen LogP contribution is -2.62. The van der Waals surface area contributed by atoms with Gasteiger partial charge in [-0.2, -0.15) is 0 Å². The predicted octanol–water partition coefficient (Wildman–Crippen LogP) is -6.67. The van der Waals surface area contributed by atoms with Crippen LogP contribution in [0.2, 0.25) is 0 Å². The van der Waals surface area contributed by atoms with Crippen LogP contribution in [0.5, 0.6) is 0 Å². The number of nitrogens with zero attached hydrogens (tertiary/aromatic N) is 1. The summed E-state index contributed by atoms with van der Waals surface area (Å²) in [6, 6.07) is -13.4. The fraction of sp³-hybridized carbons (Fsp3) is 0.705. The molecular formula is C44H78N14O16. The number of aliphatic hydroxyl groups is 2. The van der Waals surface area contributed by atoms with Gasteiger partial charge in [-0.05, 0) is 64.2 Å². The van der Waals surface area contributed by atoms with Crippen LogP contribution in [0, 0.1) is 17.8 Å². The average Bonchev–Trinajstić information content (AvgIpc) is 3.27. The van der Waals surface area contributed by atoms with Crippen molar-refractivity contribution < 1.29 is 78.0 Å². The number of primary amides is 1. The monoisotopic (exact) mass is 1060 g/mol. The van der Waals surface area contributed by atoms with Gasteiger partial charge in [-0.25, -0.2) is 4.79 Å². The van der Waals surface area contributed by atoms with Crippen LogP contribution in [0.4, 0.5) is 0 Å². The molecule has 11 unspecified atom stereocenters. The maximum atomic E-state index is 14.0. The Morgan fingerprint density at radius 1 is 0.500 bits per heavy atom. The minimum atomic E-state index is -1.93. The van der Waals surface area contributed by atoms with Crippen LogP contribution >= 0.6 is 0 Å². The SMILES string of the molecule is CC(C)CC(NC(=O)C(NC(=O)C(CCC(N)=O)NC(=O)C(C)N)C(C)C)C(=O)NC(CCCN=C(N)N)C(=O)NCC(=O)NC(C(=O)NC(C(=O)NC(C(=O)NC(CC(=O)O)C(=O)O)C(C)O)C(C)C)C(C)O. The summed E-state index contributed by atoms with van der Waals surface area (Å²) in [5.74, 6) is -14.6. The molecule has 0 spiro atoms. The number of guanidine groups is 1. The summed E-state index contributed by atoms with van der Waals surface area (Å²) in [5.41, 5.74) is 21.8. The Hall–Kier alpha value is -7.21. The van der Waals surface area contributed by atoms with Crippen molar-refractivity contribution in [3.05, 3.63) is 0 Å². The van der Waals surface area contributed by atoms with E-state index in [1.54, 1.807) is 27.7 Å². The molecule has 0 aromatic rings. The predicted molar refractivity (Wildman–Crippen MR) is 263 cm³/mol. The van der Waals surface area contributed by atoms with Crippen molar-refractivity contribution in [1.29, 1.82) is 0 Å². The van der Waals surface area contributed by atoms with E-state index in [2.05, 4.69) is 47.5 Å². The van der Waals surface area contributed by atoms with Crippen LogP contribution in [0.3, 0.4) is 0 Å². The number of carbonyl (C=O) groups excluding carboxylic acids is 10. The summed E-state index contributed by atoms with van der Waals surface area (Å²) in [7, 11) is 0. The molecule has 0 heterocycles. The first-order valence-corrected chi connectivity index (χ1v) is 23.8. The molecule has 74 heavy (non-hydrogen) atoms. The van der Waals surface area contributed by atoms with Crippen molar-refractivity contribution in [2.24, 2.45) is 45.7 Å². The number of aliphatic hydroxyl groups excluding tert-OH is 2. The summed E-state index contributed by atoms with van der Waals surface area (Å²) in [6.45, 7) is 12.3. The Morgan fingerprint density at radius 2 is 0.919 bits per heavy atom. The zero-order valence-electron chi connectivity index (χ0n) is 43.2. The summed E-state index contributed by atoms with van der Waals surface area (Å²) in [5, 5.41) is 60.3. The zero-order chi connectivity index (χ0) is 57.3. The normalized spacial score (nSPS) is 15.6. The molecule has 420 valence electrons. The summed E-state index contributed by atoms with van der Waals surface area (Å²) in [6.07, 6.45) is -4.83. The van der Waals surface area contributed by atoms with E-state index in [1.807, 2.05) is 5.32 Å². The number of nitrogens with two attached hydrogens (primary N) is 4. The number of aliphatic carboxylic acids is 2. The molecule has 30 heteroatoms. The number of rotatable bonds is 34. The maximum Gasteiger partial charge on any atom is 0.326 e. The van der Waals surface area contributed by atoms with Gasteiger partial charge < -0.3 is 91.2 Å². The third-order valence-electron chi connectivity index (χ3n) is 10.7. The van der Waals surface area contributed by atoms with Gasteiger partial charge >= 0.3 is 11.9 Å². The third kappa shape index (κ3) is 25.4. The molecule has 0 radical (unpaired) electrons. The van der Waals surface area contributed by atoms with Crippen LogP contribution in [0.15, 0.2) is 4.99 Å². The number of hydrogen-bond acceptors (Lipinski definition) is 16. The maximum absolute atomic E-state index is 14.0. The Labute approximate surface area is 428 Å². The number of carboxylic acids is 2. The average molecular weight is 1060 g/mol. The summed E-state index contributed by atoms with van der Waals surface area (Å²) < 4.78 is 0. The number of nitrogens with one attached hydrogen (secondary N) is 9.